The maximum Gasteiger partial charge on any atom is 0.191 e. The predicted octanol–water partition coefficient (Wildman–Crippen LogP) is 1.48. The Morgan fingerprint density at radius 3 is 2.50 bits per heavy atom. The Bertz CT molecular complexity index is 525. The van der Waals surface area contributed by atoms with Crippen molar-refractivity contribution >= 4 is 0 Å². The van der Waals surface area contributed by atoms with Gasteiger partial charge in [0.2, 0.25) is 0 Å². The summed E-state index contributed by atoms with van der Waals surface area (Å²) in [5, 5.41) is 26.0. The minimum absolute atomic E-state index is 0.00870. The van der Waals surface area contributed by atoms with Crippen LogP contribution in [0.4, 0.5) is 0 Å². The number of nitriles is 1. The number of tetrazole rings is 1. The molecule has 0 aliphatic carbocycles. The zero-order chi connectivity index (χ0) is 13.0. The van der Waals surface area contributed by atoms with Crippen molar-refractivity contribution in [2.75, 3.05) is 0 Å². The van der Waals surface area contributed by atoms with Crippen LogP contribution in [-0.4, -0.2) is 20.6 Å². The maximum absolute atomic E-state index is 8.74. The Hall–Kier alpha value is -2.26. The molecule has 2 unspecified atom stereocenters. The van der Waals surface area contributed by atoms with Gasteiger partial charge in [0, 0.05) is 6.04 Å². The van der Waals surface area contributed by atoms with Crippen LogP contribution >= 0.6 is 0 Å². The molecular weight excluding hydrogens is 228 g/mol. The van der Waals surface area contributed by atoms with Gasteiger partial charge in [0.05, 0.1) is 17.7 Å². The van der Waals surface area contributed by atoms with Crippen molar-refractivity contribution in [1.29, 1.82) is 5.26 Å². The summed E-state index contributed by atoms with van der Waals surface area (Å²) in [6, 6.07) is 9.77. The summed E-state index contributed by atoms with van der Waals surface area (Å²) in [6.07, 6.45) is 0. The molecule has 0 saturated carbocycles. The molecule has 0 aliphatic rings. The highest BCUT2D eigenvalue weighted by Crippen LogP contribution is 2.17. The zero-order valence-corrected chi connectivity index (χ0v) is 10.3. The quantitative estimate of drug-likeness (QED) is 0.847. The number of aromatic amines is 1. The first-order chi connectivity index (χ1) is 8.70. The van der Waals surface area contributed by atoms with E-state index in [1.165, 1.54) is 0 Å². The lowest BCUT2D eigenvalue weighted by Crippen LogP contribution is -2.23. The third-order valence-electron chi connectivity index (χ3n) is 2.79. The lowest BCUT2D eigenvalue weighted by atomic mass is 10.1. The van der Waals surface area contributed by atoms with Crippen LogP contribution in [0.3, 0.4) is 0 Å². The van der Waals surface area contributed by atoms with Crippen molar-refractivity contribution in [2.45, 2.75) is 25.9 Å². The lowest BCUT2D eigenvalue weighted by molar-refractivity contribution is 0.477. The third kappa shape index (κ3) is 2.70. The molecule has 92 valence electrons. The molecule has 6 nitrogen and oxygen atoms in total. The molecule has 18 heavy (non-hydrogen) atoms. The molecule has 0 fully saturated rings. The summed E-state index contributed by atoms with van der Waals surface area (Å²) < 4.78 is 0. The van der Waals surface area contributed by atoms with Gasteiger partial charge in [-0.3, -0.25) is 0 Å². The minimum Gasteiger partial charge on any atom is -0.301 e. The fourth-order valence-electron chi connectivity index (χ4n) is 1.75. The molecule has 0 aliphatic heterocycles. The van der Waals surface area contributed by atoms with Gasteiger partial charge in [0.1, 0.15) is 0 Å². The third-order valence-corrected chi connectivity index (χ3v) is 2.79. The van der Waals surface area contributed by atoms with E-state index in [4.69, 9.17) is 5.26 Å². The monoisotopic (exact) mass is 242 g/mol. The van der Waals surface area contributed by atoms with Crippen LogP contribution in [0.25, 0.3) is 0 Å². The Kier molecular flexibility index (Phi) is 3.65. The van der Waals surface area contributed by atoms with Gasteiger partial charge < -0.3 is 5.32 Å². The molecule has 6 heteroatoms. The van der Waals surface area contributed by atoms with E-state index in [0.717, 1.165) is 5.56 Å². The van der Waals surface area contributed by atoms with E-state index in [1.807, 2.05) is 31.2 Å². The maximum atomic E-state index is 8.74. The number of hydrogen-bond acceptors (Lipinski definition) is 5. The van der Waals surface area contributed by atoms with Crippen LogP contribution in [0.1, 0.15) is 42.9 Å². The highest BCUT2D eigenvalue weighted by Gasteiger charge is 2.14. The lowest BCUT2D eigenvalue weighted by Gasteiger charge is -2.17. The van der Waals surface area contributed by atoms with Crippen molar-refractivity contribution in [2.24, 2.45) is 0 Å². The van der Waals surface area contributed by atoms with Crippen LogP contribution in [-0.2, 0) is 0 Å². The minimum atomic E-state index is 0.00870. The van der Waals surface area contributed by atoms with E-state index in [-0.39, 0.29) is 12.1 Å². The van der Waals surface area contributed by atoms with Crippen molar-refractivity contribution < 1.29 is 0 Å². The Morgan fingerprint density at radius 1 is 1.22 bits per heavy atom. The Morgan fingerprint density at radius 2 is 1.94 bits per heavy atom. The standard InChI is InChI=1S/C12H14N6/c1-8(11-5-3-10(7-13)4-6-11)14-9(2)12-15-17-18-16-12/h3-6,8-9,14H,1-2H3,(H,15,16,17,18). The van der Waals surface area contributed by atoms with Gasteiger partial charge in [0.15, 0.2) is 5.82 Å². The number of benzene rings is 1. The van der Waals surface area contributed by atoms with E-state index < -0.39 is 0 Å². The van der Waals surface area contributed by atoms with E-state index in [9.17, 15) is 0 Å². The van der Waals surface area contributed by atoms with E-state index in [2.05, 4.69) is 38.9 Å². The number of H-pyrrole nitrogens is 1. The SMILES string of the molecule is CC(NC(C)c1nn[nH]n1)c1ccc(C#N)cc1. The smallest absolute Gasteiger partial charge is 0.191 e. The predicted molar refractivity (Wildman–Crippen MR) is 65.3 cm³/mol. The van der Waals surface area contributed by atoms with Gasteiger partial charge >= 0.3 is 0 Å². The first kappa shape index (κ1) is 12.2. The van der Waals surface area contributed by atoms with Gasteiger partial charge in [-0.2, -0.15) is 10.5 Å². The van der Waals surface area contributed by atoms with Gasteiger partial charge in [-0.25, -0.2) is 0 Å². The second-order valence-corrected chi connectivity index (χ2v) is 4.11. The van der Waals surface area contributed by atoms with Gasteiger partial charge in [-0.05, 0) is 31.5 Å². The molecule has 1 aromatic heterocycles. The summed E-state index contributed by atoms with van der Waals surface area (Å²) >= 11 is 0. The van der Waals surface area contributed by atoms with Crippen LogP contribution in [0, 0.1) is 11.3 Å². The summed E-state index contributed by atoms with van der Waals surface area (Å²) in [4.78, 5) is 0. The number of aromatic nitrogens is 4. The summed E-state index contributed by atoms with van der Waals surface area (Å²) in [5.74, 6) is 0.635. The molecular formula is C12H14N6. The molecule has 2 rings (SSSR count). The molecule has 2 N–H and O–H groups in total. The molecule has 0 radical (unpaired) electrons. The van der Waals surface area contributed by atoms with Crippen LogP contribution < -0.4 is 5.32 Å². The number of nitrogens with zero attached hydrogens (tertiary/aromatic N) is 4. The molecule has 1 heterocycles. The first-order valence-electron chi connectivity index (χ1n) is 5.70. The first-order valence-corrected chi connectivity index (χ1v) is 5.70. The normalized spacial score (nSPS) is 13.8. The molecule has 0 spiro atoms. The van der Waals surface area contributed by atoms with E-state index in [1.54, 1.807) is 0 Å². The molecule has 2 aromatic rings. The van der Waals surface area contributed by atoms with Crippen molar-refractivity contribution in [3.8, 4) is 6.07 Å². The average Bonchev–Trinajstić information content (AvgIpc) is 2.92. The summed E-state index contributed by atoms with van der Waals surface area (Å²) in [7, 11) is 0. The van der Waals surface area contributed by atoms with E-state index >= 15 is 0 Å². The van der Waals surface area contributed by atoms with Crippen molar-refractivity contribution in [3.05, 3.63) is 41.2 Å². The molecule has 0 saturated heterocycles. The topological polar surface area (TPSA) is 90.3 Å². The van der Waals surface area contributed by atoms with Gasteiger partial charge in [-0.15, -0.1) is 10.2 Å². The second-order valence-electron chi connectivity index (χ2n) is 4.11. The van der Waals surface area contributed by atoms with Crippen molar-refractivity contribution in [3.63, 3.8) is 0 Å². The summed E-state index contributed by atoms with van der Waals surface area (Å²) in [5.41, 5.74) is 1.78. The largest absolute Gasteiger partial charge is 0.301 e. The molecule has 0 amide bonds. The second kappa shape index (κ2) is 5.38. The highest BCUT2D eigenvalue weighted by atomic mass is 15.5. The zero-order valence-electron chi connectivity index (χ0n) is 10.3. The average molecular weight is 242 g/mol. The van der Waals surface area contributed by atoms with Crippen LogP contribution in [0.15, 0.2) is 24.3 Å². The number of hydrogen-bond donors (Lipinski definition) is 2. The van der Waals surface area contributed by atoms with Gasteiger partial charge in [-0.1, -0.05) is 17.3 Å². The Balaban J connectivity index is 2.03. The number of rotatable bonds is 4. The van der Waals surface area contributed by atoms with Crippen LogP contribution in [0.2, 0.25) is 0 Å². The van der Waals surface area contributed by atoms with Gasteiger partial charge in [0.25, 0.3) is 0 Å². The van der Waals surface area contributed by atoms with E-state index in [0.29, 0.717) is 11.4 Å². The fraction of sp³-hybridized carbons (Fsp3) is 0.333. The molecule has 1 aromatic carbocycles. The van der Waals surface area contributed by atoms with Crippen molar-refractivity contribution in [1.82, 2.24) is 25.9 Å². The Labute approximate surface area is 105 Å². The van der Waals surface area contributed by atoms with Crippen LogP contribution in [0.5, 0.6) is 0 Å². The highest BCUT2D eigenvalue weighted by molar-refractivity contribution is 5.32. The molecule has 2 atom stereocenters. The number of nitrogens with one attached hydrogen (secondary N) is 2. The molecule has 0 bridgehead atoms. The summed E-state index contributed by atoms with van der Waals surface area (Å²) in [6.45, 7) is 4.03. The fourth-order valence-corrected chi connectivity index (χ4v) is 1.75.